The molecule has 0 bridgehead atoms. The van der Waals surface area contributed by atoms with Crippen LogP contribution in [0.1, 0.15) is 37.7 Å². The smallest absolute Gasteiger partial charge is 0.306 e. The molecule has 0 aromatic heterocycles. The topological polar surface area (TPSA) is 64.6 Å². The van der Waals surface area contributed by atoms with Gasteiger partial charge in [-0.05, 0) is 43.9 Å². The molecule has 2 rings (SSSR count). The molecule has 1 aromatic rings. The van der Waals surface area contributed by atoms with Crippen molar-refractivity contribution in [2.24, 2.45) is 0 Å². The molecule has 0 spiro atoms. The third-order valence-electron chi connectivity index (χ3n) is 3.88. The summed E-state index contributed by atoms with van der Waals surface area (Å²) in [6.45, 7) is 1.66. The van der Waals surface area contributed by atoms with Crippen molar-refractivity contribution in [3.8, 4) is 5.75 Å². The predicted molar refractivity (Wildman–Crippen MR) is 104 cm³/mol. The van der Waals surface area contributed by atoms with Crippen LogP contribution in [0.15, 0.2) is 18.2 Å². The first-order valence-corrected chi connectivity index (χ1v) is 10.8. The molecule has 1 N–H and O–H groups in total. The number of hydrogen-bond acceptors (Lipinski definition) is 6. The Balaban J connectivity index is 1.63. The van der Waals surface area contributed by atoms with Gasteiger partial charge in [0.05, 0.1) is 12.8 Å². The van der Waals surface area contributed by atoms with Gasteiger partial charge in [-0.1, -0.05) is 34.1 Å². The molecule has 0 saturated carbocycles. The minimum absolute atomic E-state index is 0.273. The Bertz CT molecular complexity index is 588. The first-order valence-electron chi connectivity index (χ1n) is 8.47. The second-order valence-electron chi connectivity index (χ2n) is 5.99. The lowest BCUT2D eigenvalue weighted by Gasteiger charge is -2.11. The van der Waals surface area contributed by atoms with E-state index >= 15 is 0 Å². The normalized spacial score (nSPS) is 16.5. The van der Waals surface area contributed by atoms with Crippen molar-refractivity contribution in [2.45, 2.75) is 44.3 Å². The molecule has 1 heterocycles. The van der Waals surface area contributed by atoms with E-state index in [1.165, 1.54) is 12.2 Å². The van der Waals surface area contributed by atoms with Crippen molar-refractivity contribution in [3.63, 3.8) is 0 Å². The standard InChI is InChI=1S/C18H25NO4S2/c1-13-7-8-16(22-2)15(11-13)19-17(20)12-23-18(21)6-4-3-5-14-9-10-24-25-14/h7-8,11,14H,3-6,9-10,12H2,1-2H3,(H,19,20)/t14-/m0/s1. The average Bonchev–Trinajstić information content (AvgIpc) is 3.10. The fourth-order valence-corrected chi connectivity index (χ4v) is 5.56. The number of amides is 1. The lowest BCUT2D eigenvalue weighted by Crippen LogP contribution is -2.21. The maximum Gasteiger partial charge on any atom is 0.306 e. The van der Waals surface area contributed by atoms with Crippen LogP contribution in [0.2, 0.25) is 0 Å². The summed E-state index contributed by atoms with van der Waals surface area (Å²) in [5.74, 6) is 1.13. The quantitative estimate of drug-likeness (QED) is 0.392. The van der Waals surface area contributed by atoms with Gasteiger partial charge >= 0.3 is 5.97 Å². The van der Waals surface area contributed by atoms with Crippen molar-refractivity contribution in [2.75, 3.05) is 24.8 Å². The fraction of sp³-hybridized carbons (Fsp3) is 0.556. The van der Waals surface area contributed by atoms with Gasteiger partial charge in [0.2, 0.25) is 0 Å². The average molecular weight is 384 g/mol. The molecule has 7 heteroatoms. The van der Waals surface area contributed by atoms with E-state index in [1.54, 1.807) is 13.2 Å². The second-order valence-corrected chi connectivity index (χ2v) is 8.77. The maximum atomic E-state index is 12.0. The minimum atomic E-state index is -0.364. The number of esters is 1. The van der Waals surface area contributed by atoms with Gasteiger partial charge in [0, 0.05) is 17.4 Å². The molecule has 138 valence electrons. The van der Waals surface area contributed by atoms with Crippen LogP contribution in [0, 0.1) is 6.92 Å². The van der Waals surface area contributed by atoms with Crippen molar-refractivity contribution in [1.29, 1.82) is 0 Å². The Labute approximate surface area is 157 Å². The molecular weight excluding hydrogens is 358 g/mol. The third kappa shape index (κ3) is 7.20. The highest BCUT2D eigenvalue weighted by Crippen LogP contribution is 2.39. The van der Waals surface area contributed by atoms with E-state index in [9.17, 15) is 9.59 Å². The summed E-state index contributed by atoms with van der Waals surface area (Å²) in [6, 6.07) is 5.51. The summed E-state index contributed by atoms with van der Waals surface area (Å²) >= 11 is 0. The third-order valence-corrected chi connectivity index (χ3v) is 6.88. The number of anilines is 1. The van der Waals surface area contributed by atoms with Crippen LogP contribution in [0.25, 0.3) is 0 Å². The molecule has 5 nitrogen and oxygen atoms in total. The lowest BCUT2D eigenvalue weighted by atomic mass is 10.1. The monoisotopic (exact) mass is 383 g/mol. The summed E-state index contributed by atoms with van der Waals surface area (Å²) in [5.41, 5.74) is 1.59. The molecule has 1 fully saturated rings. The minimum Gasteiger partial charge on any atom is -0.495 e. The lowest BCUT2D eigenvalue weighted by molar-refractivity contribution is -0.147. The molecule has 1 aliphatic heterocycles. The number of carbonyl (C=O) groups excluding carboxylic acids is 2. The molecule has 1 amide bonds. The number of nitrogens with one attached hydrogen (secondary N) is 1. The Morgan fingerprint density at radius 1 is 1.32 bits per heavy atom. The van der Waals surface area contributed by atoms with Crippen molar-refractivity contribution < 1.29 is 19.1 Å². The van der Waals surface area contributed by atoms with Crippen LogP contribution >= 0.6 is 21.6 Å². The largest absolute Gasteiger partial charge is 0.495 e. The summed E-state index contributed by atoms with van der Waals surface area (Å²) in [5, 5.41) is 3.45. The second kappa shape index (κ2) is 10.6. The molecule has 25 heavy (non-hydrogen) atoms. The molecule has 0 unspecified atom stereocenters. The highest BCUT2D eigenvalue weighted by Gasteiger charge is 2.16. The molecule has 1 saturated heterocycles. The SMILES string of the molecule is COc1ccc(C)cc1NC(=O)COC(=O)CCCC[C@H]1CCSS1. The summed E-state index contributed by atoms with van der Waals surface area (Å²) < 4.78 is 10.3. The first-order chi connectivity index (χ1) is 12.1. The van der Waals surface area contributed by atoms with Gasteiger partial charge in [-0.3, -0.25) is 9.59 Å². The molecule has 0 aliphatic carbocycles. The molecule has 0 radical (unpaired) electrons. The van der Waals surface area contributed by atoms with Gasteiger partial charge in [0.25, 0.3) is 5.91 Å². The highest BCUT2D eigenvalue weighted by molar-refractivity contribution is 8.77. The van der Waals surface area contributed by atoms with E-state index in [-0.39, 0.29) is 18.5 Å². The van der Waals surface area contributed by atoms with Crippen molar-refractivity contribution in [1.82, 2.24) is 0 Å². The van der Waals surface area contributed by atoms with Crippen LogP contribution < -0.4 is 10.1 Å². The number of benzene rings is 1. The first kappa shape index (κ1) is 20.0. The van der Waals surface area contributed by atoms with Gasteiger partial charge in [-0.15, -0.1) is 0 Å². The number of carbonyl (C=O) groups is 2. The van der Waals surface area contributed by atoms with E-state index in [4.69, 9.17) is 9.47 Å². The number of rotatable bonds is 9. The van der Waals surface area contributed by atoms with Gasteiger partial charge < -0.3 is 14.8 Å². The Kier molecular flexibility index (Phi) is 8.48. The van der Waals surface area contributed by atoms with E-state index in [2.05, 4.69) is 5.32 Å². The number of hydrogen-bond donors (Lipinski definition) is 1. The highest BCUT2D eigenvalue weighted by atomic mass is 33.1. The number of methoxy groups -OCH3 is 1. The summed E-state index contributed by atoms with van der Waals surface area (Å²) in [4.78, 5) is 23.7. The zero-order chi connectivity index (χ0) is 18.1. The van der Waals surface area contributed by atoms with Crippen LogP contribution in [0.5, 0.6) is 5.75 Å². The number of aryl methyl sites for hydroxylation is 1. The summed E-state index contributed by atoms with van der Waals surface area (Å²) in [7, 11) is 5.44. The van der Waals surface area contributed by atoms with Gasteiger partial charge in [-0.2, -0.15) is 0 Å². The van der Waals surface area contributed by atoms with Crippen LogP contribution in [0.3, 0.4) is 0 Å². The Morgan fingerprint density at radius 2 is 2.16 bits per heavy atom. The van der Waals surface area contributed by atoms with Crippen LogP contribution in [-0.2, 0) is 14.3 Å². The van der Waals surface area contributed by atoms with Crippen molar-refractivity contribution in [3.05, 3.63) is 23.8 Å². The Hall–Kier alpha value is -1.34. The molecule has 1 aliphatic rings. The summed E-state index contributed by atoms with van der Waals surface area (Å²) in [6.07, 6.45) is 4.63. The Morgan fingerprint density at radius 3 is 2.88 bits per heavy atom. The maximum absolute atomic E-state index is 12.0. The van der Waals surface area contributed by atoms with E-state index in [1.807, 2.05) is 40.6 Å². The van der Waals surface area contributed by atoms with Crippen LogP contribution in [-0.4, -0.2) is 36.6 Å². The fourth-order valence-electron chi connectivity index (χ4n) is 2.53. The predicted octanol–water partition coefficient (Wildman–Crippen LogP) is 4.20. The molecule has 1 aromatic carbocycles. The van der Waals surface area contributed by atoms with Gasteiger partial charge in [0.15, 0.2) is 6.61 Å². The van der Waals surface area contributed by atoms with E-state index in [0.717, 1.165) is 30.1 Å². The van der Waals surface area contributed by atoms with E-state index < -0.39 is 0 Å². The number of ether oxygens (including phenoxy) is 2. The number of unbranched alkanes of at least 4 members (excludes halogenated alkanes) is 1. The van der Waals surface area contributed by atoms with Crippen LogP contribution in [0.4, 0.5) is 5.69 Å². The molecular formula is C18H25NO4S2. The van der Waals surface area contributed by atoms with E-state index in [0.29, 0.717) is 17.9 Å². The molecule has 1 atom stereocenters. The van der Waals surface area contributed by atoms with Gasteiger partial charge in [0.1, 0.15) is 5.75 Å². The van der Waals surface area contributed by atoms with Gasteiger partial charge in [-0.25, -0.2) is 0 Å². The van der Waals surface area contributed by atoms with Crippen molar-refractivity contribution >= 4 is 39.2 Å². The zero-order valence-corrected chi connectivity index (χ0v) is 16.3. The zero-order valence-electron chi connectivity index (χ0n) is 14.7.